The molecular formula is C14H16N2O4. The maximum atomic E-state index is 11.9. The quantitative estimate of drug-likeness (QED) is 0.738. The lowest BCUT2D eigenvalue weighted by Crippen LogP contribution is -2.17. The number of hydrogen-bond donors (Lipinski definition) is 0. The summed E-state index contributed by atoms with van der Waals surface area (Å²) in [5, 5.41) is 12.5. The molecule has 0 saturated carbocycles. The largest absolute Gasteiger partial charge is 0.754 e. The number of hydrogen-bond acceptors (Lipinski definition) is 5. The highest BCUT2D eigenvalue weighted by Crippen LogP contribution is 2.24. The molecule has 0 aromatic heterocycles. The minimum absolute atomic E-state index is 0.215. The van der Waals surface area contributed by atoms with Gasteiger partial charge >= 0.3 is 0 Å². The fourth-order valence-electron chi connectivity index (χ4n) is 1.82. The molecule has 0 bridgehead atoms. The van der Waals surface area contributed by atoms with E-state index in [1.165, 1.54) is 24.6 Å². The maximum Gasteiger partial charge on any atom is 0.289 e. The lowest BCUT2D eigenvalue weighted by Gasteiger charge is -2.29. The second-order valence-corrected chi connectivity index (χ2v) is 4.01. The molecular weight excluding hydrogens is 260 g/mol. The van der Waals surface area contributed by atoms with Crippen LogP contribution in [0.1, 0.15) is 13.8 Å². The third kappa shape index (κ3) is 2.97. The number of allylic oxidation sites excluding steroid dienone is 4. The van der Waals surface area contributed by atoms with Gasteiger partial charge in [-0.25, -0.2) is 0 Å². The van der Waals surface area contributed by atoms with Crippen molar-refractivity contribution in [2.45, 2.75) is 13.8 Å². The van der Waals surface area contributed by atoms with Gasteiger partial charge in [-0.1, -0.05) is 0 Å². The number of hydroxylamine groups is 2. The Morgan fingerprint density at radius 1 is 1.15 bits per heavy atom. The molecule has 6 heteroatoms. The van der Waals surface area contributed by atoms with E-state index in [2.05, 4.69) is 0 Å². The van der Waals surface area contributed by atoms with E-state index in [0.717, 1.165) is 0 Å². The third-order valence-electron chi connectivity index (χ3n) is 2.67. The van der Waals surface area contributed by atoms with Gasteiger partial charge in [0.2, 0.25) is 6.20 Å². The summed E-state index contributed by atoms with van der Waals surface area (Å²) in [4.78, 5) is 11.9. The van der Waals surface area contributed by atoms with Gasteiger partial charge in [0.05, 0.1) is 24.0 Å². The topological polar surface area (TPSA) is 64.8 Å². The molecule has 0 spiro atoms. The maximum absolute atomic E-state index is 11.9. The Hall–Kier alpha value is -2.34. The van der Waals surface area contributed by atoms with Crippen LogP contribution in [0.15, 0.2) is 59.6 Å². The highest BCUT2D eigenvalue weighted by Gasteiger charge is 2.25. The van der Waals surface area contributed by atoms with E-state index in [1.807, 2.05) is 13.8 Å². The van der Waals surface area contributed by atoms with Crippen LogP contribution in [0.4, 0.5) is 0 Å². The molecule has 0 atom stereocenters. The predicted octanol–water partition coefficient (Wildman–Crippen LogP) is 2.67. The number of nitroso groups, excluding NO2 is 1. The summed E-state index contributed by atoms with van der Waals surface area (Å²) < 4.78 is 11.3. The second kappa shape index (κ2) is 6.21. The van der Waals surface area contributed by atoms with Crippen molar-refractivity contribution < 1.29 is 14.2 Å². The van der Waals surface area contributed by atoms with Crippen LogP contribution in [-0.2, 0) is 9.47 Å². The van der Waals surface area contributed by atoms with Crippen LogP contribution in [0, 0.1) is 10.1 Å². The fourth-order valence-corrected chi connectivity index (χ4v) is 1.82. The Morgan fingerprint density at radius 3 is 2.45 bits per heavy atom. The van der Waals surface area contributed by atoms with Crippen molar-refractivity contribution in [3.8, 4) is 0 Å². The Morgan fingerprint density at radius 2 is 1.80 bits per heavy atom. The summed E-state index contributed by atoms with van der Waals surface area (Å²) in [5.41, 5.74) is 0.431. The summed E-state index contributed by atoms with van der Waals surface area (Å²) in [6.07, 6.45) is 8.82. The van der Waals surface area contributed by atoms with Crippen molar-refractivity contribution in [3.63, 3.8) is 0 Å². The summed E-state index contributed by atoms with van der Waals surface area (Å²) in [7, 11) is 0. The molecule has 0 saturated heterocycles. The normalized spacial score (nSPS) is 21.8. The number of rotatable bonds is 4. The van der Waals surface area contributed by atoms with Crippen molar-refractivity contribution in [1.29, 1.82) is 0 Å². The summed E-state index contributed by atoms with van der Waals surface area (Å²) in [6, 6.07) is 0. The molecule has 2 aliphatic heterocycles. The number of ether oxygens (including phenoxy) is 2. The molecule has 2 aliphatic rings. The van der Waals surface area contributed by atoms with Gasteiger partial charge in [0.15, 0.2) is 0 Å². The van der Waals surface area contributed by atoms with Crippen LogP contribution in [0.5, 0.6) is 0 Å². The first-order valence-electron chi connectivity index (χ1n) is 6.38. The molecule has 0 aliphatic carbocycles. The minimum Gasteiger partial charge on any atom is -0.754 e. The van der Waals surface area contributed by atoms with Crippen LogP contribution in [-0.4, -0.2) is 23.0 Å². The van der Waals surface area contributed by atoms with Crippen LogP contribution in [0.3, 0.4) is 0 Å². The summed E-state index contributed by atoms with van der Waals surface area (Å²) in [5.74, 6) is 1.08. The van der Waals surface area contributed by atoms with Gasteiger partial charge in [-0.3, -0.25) is 0 Å². The van der Waals surface area contributed by atoms with Crippen LogP contribution in [0.25, 0.3) is 0 Å². The van der Waals surface area contributed by atoms with Crippen molar-refractivity contribution in [2.24, 2.45) is 0 Å². The highest BCUT2D eigenvalue weighted by molar-refractivity contribution is 5.39. The second-order valence-electron chi connectivity index (χ2n) is 4.01. The molecule has 2 heterocycles. The molecule has 106 valence electrons. The van der Waals surface area contributed by atoms with Crippen molar-refractivity contribution in [2.75, 3.05) is 13.2 Å². The van der Waals surface area contributed by atoms with Gasteiger partial charge in [0.25, 0.3) is 5.70 Å². The Bertz CT molecular complexity index is 556. The molecule has 0 N–H and O–H groups in total. The standard InChI is InChI=1S/C14H16N2O4/c1-3-19-11-5-7-15(17)13(9-11)14-10-12(20-4-2)6-8-16(14)18/h5-10H,3-4H2,1-2H3. The fraction of sp³-hybridized carbons (Fsp3) is 0.286. The van der Waals surface area contributed by atoms with Gasteiger partial charge in [-0.05, 0) is 26.1 Å². The van der Waals surface area contributed by atoms with Gasteiger partial charge in [-0.15, -0.1) is 0 Å². The Labute approximate surface area is 117 Å². The van der Waals surface area contributed by atoms with Gasteiger partial charge in [0.1, 0.15) is 17.2 Å². The summed E-state index contributed by atoms with van der Waals surface area (Å²) >= 11 is 0. The van der Waals surface area contributed by atoms with E-state index in [1.54, 1.807) is 12.2 Å². The zero-order chi connectivity index (χ0) is 14.5. The first-order chi connectivity index (χ1) is 9.65. The monoisotopic (exact) mass is 276 g/mol. The van der Waals surface area contributed by atoms with Crippen molar-refractivity contribution >= 4 is 0 Å². The van der Waals surface area contributed by atoms with Gasteiger partial charge in [0, 0.05) is 17.1 Å². The molecule has 0 aromatic carbocycles. The van der Waals surface area contributed by atoms with E-state index >= 15 is 0 Å². The van der Waals surface area contributed by atoms with E-state index in [-0.39, 0.29) is 11.4 Å². The van der Waals surface area contributed by atoms with Gasteiger partial charge < -0.3 is 19.7 Å². The third-order valence-corrected chi connectivity index (χ3v) is 2.67. The Kier molecular flexibility index (Phi) is 4.37. The molecule has 0 amide bonds. The van der Waals surface area contributed by atoms with Crippen LogP contribution >= 0.6 is 0 Å². The predicted molar refractivity (Wildman–Crippen MR) is 73.6 cm³/mol. The zero-order valence-electron chi connectivity index (χ0n) is 11.4. The average Bonchev–Trinajstić information content (AvgIpc) is 2.44. The first-order valence-corrected chi connectivity index (χ1v) is 6.38. The van der Waals surface area contributed by atoms with Crippen molar-refractivity contribution in [3.05, 3.63) is 69.7 Å². The minimum atomic E-state index is 0.215. The molecule has 6 nitrogen and oxygen atoms in total. The lowest BCUT2D eigenvalue weighted by atomic mass is 10.2. The summed E-state index contributed by atoms with van der Waals surface area (Å²) in [6.45, 7) is 4.67. The molecule has 0 aromatic rings. The number of nitrogens with zero attached hydrogens (tertiary/aromatic N) is 2. The molecule has 0 fully saturated rings. The lowest BCUT2D eigenvalue weighted by molar-refractivity contribution is -0.421. The van der Waals surface area contributed by atoms with Crippen molar-refractivity contribution in [1.82, 2.24) is 5.06 Å². The Balaban J connectivity index is 2.40. The van der Waals surface area contributed by atoms with Crippen LogP contribution in [0.2, 0.25) is 0 Å². The molecule has 0 unspecified atom stereocenters. The molecule has 0 radical (unpaired) electrons. The van der Waals surface area contributed by atoms with E-state index < -0.39 is 0 Å². The average molecular weight is 276 g/mol. The molecule has 20 heavy (non-hydrogen) atoms. The molecule has 2 rings (SSSR count). The zero-order valence-corrected chi connectivity index (χ0v) is 11.4. The van der Waals surface area contributed by atoms with E-state index in [4.69, 9.17) is 9.47 Å². The van der Waals surface area contributed by atoms with E-state index in [9.17, 15) is 10.1 Å². The first kappa shape index (κ1) is 14.1. The van der Waals surface area contributed by atoms with Crippen LogP contribution < -0.4 is 0 Å². The van der Waals surface area contributed by atoms with E-state index in [0.29, 0.717) is 34.6 Å². The SMILES string of the molecule is CCOC1=CC(=C2C=C(OCC)C=C[N+]2=O)N([O-])C=C1. The highest BCUT2D eigenvalue weighted by atomic mass is 16.5. The smallest absolute Gasteiger partial charge is 0.289 e. The van der Waals surface area contributed by atoms with Gasteiger partial charge in [-0.2, -0.15) is 0 Å².